The second kappa shape index (κ2) is 5.93. The molecule has 1 fully saturated rings. The third-order valence-corrected chi connectivity index (χ3v) is 3.08. The summed E-state index contributed by atoms with van der Waals surface area (Å²) in [4.78, 5) is 22.9. The highest BCUT2D eigenvalue weighted by Gasteiger charge is 2.57. The highest BCUT2D eigenvalue weighted by Crippen LogP contribution is 2.29. The van der Waals surface area contributed by atoms with E-state index in [4.69, 9.17) is 9.84 Å². The third-order valence-electron chi connectivity index (χ3n) is 3.08. The van der Waals surface area contributed by atoms with Crippen molar-refractivity contribution in [1.29, 1.82) is 0 Å². The summed E-state index contributed by atoms with van der Waals surface area (Å²) in [6.07, 6.45) is -4.60. The number of aliphatic hydroxyl groups is 4. The Hall–Kier alpha value is -1.06. The molecule has 110 valence electrons. The summed E-state index contributed by atoms with van der Waals surface area (Å²) in [6, 6.07) is -1.50. The molecular weight excluding hydrogens is 258 g/mol. The molecular formula is C11H19NO7. The molecule has 1 rings (SSSR count). The molecule has 1 unspecified atom stereocenters. The van der Waals surface area contributed by atoms with Gasteiger partial charge < -0.3 is 30.5 Å². The Morgan fingerprint density at radius 1 is 1.32 bits per heavy atom. The molecule has 0 aromatic heterocycles. The van der Waals surface area contributed by atoms with Crippen LogP contribution in [0.25, 0.3) is 0 Å². The van der Waals surface area contributed by atoms with Crippen molar-refractivity contribution in [1.82, 2.24) is 5.32 Å². The number of carbonyl (C=O) groups excluding carboxylic acids is 2. The smallest absolute Gasteiger partial charge is 0.250 e. The van der Waals surface area contributed by atoms with Gasteiger partial charge in [0.15, 0.2) is 5.78 Å². The van der Waals surface area contributed by atoms with Crippen molar-refractivity contribution in [2.75, 3.05) is 6.61 Å². The van der Waals surface area contributed by atoms with Gasteiger partial charge in [0.05, 0.1) is 6.61 Å². The first-order valence-electron chi connectivity index (χ1n) is 5.95. The van der Waals surface area contributed by atoms with E-state index in [1.807, 2.05) is 0 Å². The summed E-state index contributed by atoms with van der Waals surface area (Å²) in [5, 5.41) is 41.1. The Kier molecular flexibility index (Phi) is 4.99. The van der Waals surface area contributed by atoms with Gasteiger partial charge in [-0.1, -0.05) is 6.92 Å². The molecule has 8 nitrogen and oxygen atoms in total. The summed E-state index contributed by atoms with van der Waals surface area (Å²) in [5.74, 6) is -3.85. The minimum Gasteiger partial charge on any atom is -0.394 e. The summed E-state index contributed by atoms with van der Waals surface area (Å²) in [7, 11) is 0. The van der Waals surface area contributed by atoms with Crippen LogP contribution in [-0.2, 0) is 14.3 Å². The molecule has 19 heavy (non-hydrogen) atoms. The van der Waals surface area contributed by atoms with Gasteiger partial charge in [-0.15, -0.1) is 0 Å². The fourth-order valence-electron chi connectivity index (χ4n) is 2.06. The fourth-order valence-corrected chi connectivity index (χ4v) is 2.06. The number of ketones is 1. The molecule has 1 aliphatic rings. The van der Waals surface area contributed by atoms with Crippen LogP contribution in [0.4, 0.5) is 0 Å². The average Bonchev–Trinajstić information content (AvgIpc) is 2.37. The van der Waals surface area contributed by atoms with E-state index in [0.29, 0.717) is 0 Å². The Labute approximate surface area is 110 Å². The molecule has 0 saturated carbocycles. The highest BCUT2D eigenvalue weighted by molar-refractivity contribution is 5.87. The highest BCUT2D eigenvalue weighted by atomic mass is 16.7. The van der Waals surface area contributed by atoms with Crippen molar-refractivity contribution in [3.05, 3.63) is 0 Å². The number of hydrogen-bond acceptors (Lipinski definition) is 7. The lowest BCUT2D eigenvalue weighted by molar-refractivity contribution is -0.301. The molecule has 0 aromatic rings. The number of nitrogens with one attached hydrogen (secondary N) is 1. The molecule has 0 bridgehead atoms. The topological polar surface area (TPSA) is 136 Å². The first-order valence-corrected chi connectivity index (χ1v) is 5.95. The van der Waals surface area contributed by atoms with E-state index in [9.17, 15) is 24.9 Å². The third kappa shape index (κ3) is 2.93. The van der Waals surface area contributed by atoms with E-state index in [-0.39, 0.29) is 6.42 Å². The van der Waals surface area contributed by atoms with Gasteiger partial charge in [-0.2, -0.15) is 0 Å². The summed E-state index contributed by atoms with van der Waals surface area (Å²) >= 11 is 0. The lowest BCUT2D eigenvalue weighted by Gasteiger charge is -2.46. The van der Waals surface area contributed by atoms with Crippen molar-refractivity contribution >= 4 is 11.7 Å². The van der Waals surface area contributed by atoms with Gasteiger partial charge in [-0.3, -0.25) is 9.59 Å². The number of aliphatic hydroxyl groups excluding tert-OH is 3. The first-order chi connectivity index (χ1) is 8.77. The average molecular weight is 277 g/mol. The Morgan fingerprint density at radius 3 is 2.32 bits per heavy atom. The van der Waals surface area contributed by atoms with Gasteiger partial charge in [-0.05, 0) is 0 Å². The lowest BCUT2D eigenvalue weighted by Crippen LogP contribution is -2.72. The van der Waals surface area contributed by atoms with E-state index in [1.165, 1.54) is 6.92 Å². The maximum Gasteiger partial charge on any atom is 0.250 e. The van der Waals surface area contributed by atoms with Crippen molar-refractivity contribution in [2.24, 2.45) is 0 Å². The Balaban J connectivity index is 3.13. The maximum atomic E-state index is 11.8. The van der Waals surface area contributed by atoms with Gasteiger partial charge in [0.1, 0.15) is 24.4 Å². The first kappa shape index (κ1) is 16.0. The summed E-state index contributed by atoms with van der Waals surface area (Å²) in [5.41, 5.74) is 0. The summed E-state index contributed by atoms with van der Waals surface area (Å²) in [6.45, 7) is 1.91. The molecule has 1 heterocycles. The zero-order chi connectivity index (χ0) is 14.8. The Bertz CT molecular complexity index is 361. The lowest BCUT2D eigenvalue weighted by atomic mass is 9.87. The van der Waals surface area contributed by atoms with Crippen LogP contribution in [0.3, 0.4) is 0 Å². The standard InChI is InChI=1S/C11H19NO7/c1-3-7(15)11(18)10(12-5(2)14)9(17)8(16)6(4-13)19-11/h6,8-10,13,16-18H,3-4H2,1-2H3,(H,12,14)/t6-,8-,9+,10+,11?/m1/s1. The minimum absolute atomic E-state index is 0.104. The molecule has 5 atom stereocenters. The fraction of sp³-hybridized carbons (Fsp3) is 0.818. The molecule has 0 aromatic carbocycles. The quantitative estimate of drug-likeness (QED) is 0.376. The second-order valence-corrected chi connectivity index (χ2v) is 4.47. The number of hydrogen-bond donors (Lipinski definition) is 5. The van der Waals surface area contributed by atoms with E-state index in [0.717, 1.165) is 6.92 Å². The van der Waals surface area contributed by atoms with Gasteiger partial charge >= 0.3 is 0 Å². The van der Waals surface area contributed by atoms with Crippen LogP contribution in [0, 0.1) is 0 Å². The van der Waals surface area contributed by atoms with Crippen molar-refractivity contribution in [2.45, 2.75) is 50.4 Å². The van der Waals surface area contributed by atoms with Gasteiger partial charge in [0, 0.05) is 13.3 Å². The van der Waals surface area contributed by atoms with E-state index < -0.39 is 48.4 Å². The van der Waals surface area contributed by atoms with Gasteiger partial charge in [-0.25, -0.2) is 0 Å². The van der Waals surface area contributed by atoms with E-state index >= 15 is 0 Å². The molecule has 0 spiro atoms. The number of Topliss-reactive ketones (excluding diaryl/α,β-unsaturated/α-hetero) is 1. The van der Waals surface area contributed by atoms with Crippen molar-refractivity contribution in [3.8, 4) is 0 Å². The van der Waals surface area contributed by atoms with E-state index in [1.54, 1.807) is 0 Å². The normalized spacial score (nSPS) is 38.8. The van der Waals surface area contributed by atoms with Crippen LogP contribution in [0.2, 0.25) is 0 Å². The second-order valence-electron chi connectivity index (χ2n) is 4.47. The van der Waals surface area contributed by atoms with Gasteiger partial charge in [0.25, 0.3) is 5.79 Å². The molecule has 1 saturated heterocycles. The van der Waals surface area contributed by atoms with E-state index in [2.05, 4.69) is 5.32 Å². The number of carbonyl (C=O) groups is 2. The number of rotatable bonds is 4. The van der Waals surface area contributed by atoms with Crippen LogP contribution in [0.1, 0.15) is 20.3 Å². The van der Waals surface area contributed by atoms with Crippen LogP contribution in [0.5, 0.6) is 0 Å². The molecule has 8 heteroatoms. The molecule has 0 radical (unpaired) electrons. The van der Waals surface area contributed by atoms with Crippen LogP contribution in [0.15, 0.2) is 0 Å². The number of amides is 1. The minimum atomic E-state index is -2.48. The van der Waals surface area contributed by atoms with Crippen molar-refractivity contribution in [3.63, 3.8) is 0 Å². The largest absolute Gasteiger partial charge is 0.394 e. The maximum absolute atomic E-state index is 11.8. The van der Waals surface area contributed by atoms with Crippen LogP contribution < -0.4 is 5.32 Å². The molecule has 0 aliphatic carbocycles. The molecule has 1 aliphatic heterocycles. The Morgan fingerprint density at radius 2 is 1.89 bits per heavy atom. The predicted molar refractivity (Wildman–Crippen MR) is 61.8 cm³/mol. The van der Waals surface area contributed by atoms with Gasteiger partial charge in [0.2, 0.25) is 5.91 Å². The van der Waals surface area contributed by atoms with Crippen molar-refractivity contribution < 1.29 is 34.8 Å². The SMILES string of the molecule is CCC(=O)C1(O)O[C@H](CO)[C@@H](O)[C@H](O)[C@@H]1NC(C)=O. The van der Waals surface area contributed by atoms with Crippen LogP contribution in [-0.4, -0.2) is 68.9 Å². The zero-order valence-electron chi connectivity index (χ0n) is 10.7. The monoisotopic (exact) mass is 277 g/mol. The molecule has 5 N–H and O–H groups in total. The zero-order valence-corrected chi connectivity index (χ0v) is 10.7. The molecule has 1 amide bonds. The summed E-state index contributed by atoms with van der Waals surface area (Å²) < 4.78 is 5.00. The number of ether oxygens (including phenoxy) is 1. The predicted octanol–water partition coefficient (Wildman–Crippen LogP) is -2.73. The van der Waals surface area contributed by atoms with Crippen LogP contribution >= 0.6 is 0 Å².